The minimum Gasteiger partial charge on any atom is -0.340 e. The Morgan fingerprint density at radius 2 is 1.83 bits per heavy atom. The highest BCUT2D eigenvalue weighted by Gasteiger charge is 2.24. The van der Waals surface area contributed by atoms with E-state index < -0.39 is 8.07 Å². The van der Waals surface area contributed by atoms with E-state index in [-0.39, 0.29) is 5.91 Å². The van der Waals surface area contributed by atoms with Gasteiger partial charge in [0.05, 0.1) is 0 Å². The maximum Gasteiger partial charge on any atom is 0.219 e. The Balaban J connectivity index is 2.40. The van der Waals surface area contributed by atoms with Gasteiger partial charge >= 0.3 is 0 Å². The monoisotopic (exact) mass is 269 g/mol. The molecule has 0 heterocycles. The van der Waals surface area contributed by atoms with Crippen molar-refractivity contribution in [3.8, 4) is 0 Å². The second kappa shape index (κ2) is 7.32. The zero-order chi connectivity index (χ0) is 13.6. The van der Waals surface area contributed by atoms with Crippen LogP contribution in [0.25, 0.3) is 0 Å². The molecular formula is C15H31NOSi. The molecule has 3 heteroatoms. The topological polar surface area (TPSA) is 20.3 Å². The molecule has 0 aliphatic heterocycles. The summed E-state index contributed by atoms with van der Waals surface area (Å²) in [5.41, 5.74) is 0. The molecule has 0 N–H and O–H groups in total. The molecule has 0 unspecified atom stereocenters. The van der Waals surface area contributed by atoms with Crippen LogP contribution in [0.4, 0.5) is 0 Å². The molecule has 0 aromatic carbocycles. The highest BCUT2D eigenvalue weighted by Crippen LogP contribution is 2.24. The van der Waals surface area contributed by atoms with Crippen LogP contribution in [0.2, 0.25) is 25.2 Å². The van der Waals surface area contributed by atoms with Crippen molar-refractivity contribution in [1.29, 1.82) is 0 Å². The lowest BCUT2D eigenvalue weighted by Gasteiger charge is -2.34. The maximum atomic E-state index is 11.8. The molecule has 2 nitrogen and oxygen atoms in total. The highest BCUT2D eigenvalue weighted by atomic mass is 28.3. The normalized spacial score (nSPS) is 17.8. The number of carbonyl (C=O) groups is 1. The lowest BCUT2D eigenvalue weighted by atomic mass is 9.94. The lowest BCUT2D eigenvalue weighted by molar-refractivity contribution is -0.131. The van der Waals surface area contributed by atoms with E-state index in [1.54, 1.807) is 6.92 Å². The van der Waals surface area contributed by atoms with E-state index in [1.165, 1.54) is 50.6 Å². The molecule has 0 bridgehead atoms. The maximum absolute atomic E-state index is 11.8. The third kappa shape index (κ3) is 5.13. The van der Waals surface area contributed by atoms with Gasteiger partial charge in [-0.25, -0.2) is 0 Å². The largest absolute Gasteiger partial charge is 0.340 e. The Hall–Kier alpha value is -0.313. The van der Waals surface area contributed by atoms with E-state index in [4.69, 9.17) is 0 Å². The summed E-state index contributed by atoms with van der Waals surface area (Å²) in [6.45, 7) is 9.99. The number of nitrogens with zero attached hydrogens (tertiary/aromatic N) is 1. The summed E-state index contributed by atoms with van der Waals surface area (Å²) in [4.78, 5) is 14.0. The summed E-state index contributed by atoms with van der Waals surface area (Å²) in [6, 6.07) is 3.26. The fourth-order valence-electron chi connectivity index (χ4n) is 2.89. The fourth-order valence-corrected chi connectivity index (χ4v) is 4.36. The van der Waals surface area contributed by atoms with Gasteiger partial charge in [0.2, 0.25) is 5.91 Å². The highest BCUT2D eigenvalue weighted by molar-refractivity contribution is 6.77. The molecule has 0 aromatic rings. The first kappa shape index (κ1) is 15.7. The molecule has 1 amide bonds. The van der Waals surface area contributed by atoms with Gasteiger partial charge in [-0.3, -0.25) is 4.79 Å². The minimum atomic E-state index is -0.966. The van der Waals surface area contributed by atoms with Crippen molar-refractivity contribution in [3.63, 3.8) is 0 Å². The van der Waals surface area contributed by atoms with Crippen LogP contribution in [0.15, 0.2) is 0 Å². The van der Waals surface area contributed by atoms with Gasteiger partial charge < -0.3 is 4.90 Å². The van der Waals surface area contributed by atoms with Gasteiger partial charge in [0, 0.05) is 27.6 Å². The number of rotatable bonds is 6. The van der Waals surface area contributed by atoms with Crippen LogP contribution in [0.3, 0.4) is 0 Å². The number of hydrogen-bond donors (Lipinski definition) is 0. The van der Waals surface area contributed by atoms with Crippen molar-refractivity contribution < 1.29 is 4.79 Å². The van der Waals surface area contributed by atoms with Gasteiger partial charge in [-0.2, -0.15) is 0 Å². The first-order chi connectivity index (χ1) is 8.46. The van der Waals surface area contributed by atoms with E-state index in [0.717, 1.165) is 6.54 Å². The van der Waals surface area contributed by atoms with Crippen molar-refractivity contribution in [2.75, 3.05) is 6.54 Å². The van der Waals surface area contributed by atoms with E-state index in [2.05, 4.69) is 24.9 Å². The van der Waals surface area contributed by atoms with Gasteiger partial charge in [-0.1, -0.05) is 51.4 Å². The van der Waals surface area contributed by atoms with Gasteiger partial charge in [-0.05, 0) is 19.3 Å². The van der Waals surface area contributed by atoms with Crippen molar-refractivity contribution in [3.05, 3.63) is 0 Å². The number of hydrogen-bond acceptors (Lipinski definition) is 1. The molecule has 0 spiro atoms. The Kier molecular flexibility index (Phi) is 6.40. The first-order valence-electron chi connectivity index (χ1n) is 7.73. The predicted octanol–water partition coefficient (Wildman–Crippen LogP) is 4.29. The summed E-state index contributed by atoms with van der Waals surface area (Å²) in [5.74, 6) is 0.290. The predicted molar refractivity (Wildman–Crippen MR) is 81.6 cm³/mol. The molecule has 106 valence electrons. The van der Waals surface area contributed by atoms with Crippen LogP contribution in [-0.4, -0.2) is 31.5 Å². The quantitative estimate of drug-likeness (QED) is 0.659. The summed E-state index contributed by atoms with van der Waals surface area (Å²) < 4.78 is 0. The van der Waals surface area contributed by atoms with Crippen LogP contribution >= 0.6 is 0 Å². The number of carbonyl (C=O) groups excluding carboxylic acids is 1. The smallest absolute Gasteiger partial charge is 0.219 e. The van der Waals surface area contributed by atoms with Crippen LogP contribution < -0.4 is 0 Å². The third-order valence-corrected chi connectivity index (χ3v) is 8.25. The van der Waals surface area contributed by atoms with Gasteiger partial charge in [-0.15, -0.1) is 0 Å². The molecule has 1 saturated carbocycles. The molecule has 1 aliphatic rings. The second-order valence-electron chi connectivity index (χ2n) is 6.63. The second-order valence-corrected chi connectivity index (χ2v) is 12.2. The zero-order valence-corrected chi connectivity index (χ0v) is 13.8. The van der Waals surface area contributed by atoms with Crippen molar-refractivity contribution in [2.24, 2.45) is 0 Å². The Bertz CT molecular complexity index is 259. The van der Waals surface area contributed by atoms with Crippen molar-refractivity contribution in [1.82, 2.24) is 4.90 Å². The third-order valence-electron chi connectivity index (χ3n) is 4.63. The minimum absolute atomic E-state index is 0.290. The number of amides is 1. The van der Waals surface area contributed by atoms with E-state index in [1.807, 2.05) is 0 Å². The van der Waals surface area contributed by atoms with Crippen molar-refractivity contribution >= 4 is 14.0 Å². The van der Waals surface area contributed by atoms with E-state index in [0.29, 0.717) is 6.04 Å². The summed E-state index contributed by atoms with van der Waals surface area (Å²) in [5, 5.41) is 0. The van der Waals surface area contributed by atoms with E-state index in [9.17, 15) is 4.79 Å². The molecule has 0 saturated heterocycles. The molecule has 18 heavy (non-hydrogen) atoms. The first-order valence-corrected chi connectivity index (χ1v) is 11.1. The molecule has 0 radical (unpaired) electrons. The Morgan fingerprint density at radius 3 is 2.33 bits per heavy atom. The van der Waals surface area contributed by atoms with Gasteiger partial charge in [0.1, 0.15) is 0 Å². The Morgan fingerprint density at radius 1 is 1.22 bits per heavy atom. The summed E-state index contributed by atoms with van der Waals surface area (Å²) in [6.07, 6.45) is 7.65. The van der Waals surface area contributed by atoms with Crippen LogP contribution in [0.5, 0.6) is 0 Å². The Labute approximate surface area is 114 Å². The average molecular weight is 270 g/mol. The molecule has 0 atom stereocenters. The van der Waals surface area contributed by atoms with Gasteiger partial charge in [0.25, 0.3) is 0 Å². The molecule has 1 aliphatic carbocycles. The average Bonchev–Trinajstić information content (AvgIpc) is 2.35. The van der Waals surface area contributed by atoms with Crippen LogP contribution in [0.1, 0.15) is 52.4 Å². The fraction of sp³-hybridized carbons (Fsp3) is 0.933. The standard InChI is InChI=1S/C15H31NOSi/c1-5-18(3,4)13-9-12-16(14(2)17)15-10-7-6-8-11-15/h15H,5-13H2,1-4H3. The molecular weight excluding hydrogens is 238 g/mol. The summed E-state index contributed by atoms with van der Waals surface area (Å²) >= 11 is 0. The lowest BCUT2D eigenvalue weighted by Crippen LogP contribution is -2.41. The molecule has 1 rings (SSSR count). The van der Waals surface area contributed by atoms with Crippen LogP contribution in [-0.2, 0) is 4.79 Å². The van der Waals surface area contributed by atoms with Crippen LogP contribution in [0, 0.1) is 0 Å². The van der Waals surface area contributed by atoms with Gasteiger partial charge in [0.15, 0.2) is 0 Å². The molecule has 0 aromatic heterocycles. The van der Waals surface area contributed by atoms with E-state index >= 15 is 0 Å². The summed E-state index contributed by atoms with van der Waals surface area (Å²) in [7, 11) is -0.966. The van der Waals surface area contributed by atoms with Crippen molar-refractivity contribution in [2.45, 2.75) is 83.6 Å². The SMILES string of the molecule is CC[Si](C)(C)CCCN(C(C)=O)C1CCCCC1. The zero-order valence-electron chi connectivity index (χ0n) is 12.8. The molecule has 1 fully saturated rings.